The highest BCUT2D eigenvalue weighted by Crippen LogP contribution is 2.31. The topological polar surface area (TPSA) is 32.7 Å². The fraction of sp³-hybridized carbons (Fsp3) is 0.286. The van der Waals surface area contributed by atoms with E-state index in [9.17, 15) is 4.79 Å². The molecule has 20 heavy (non-hydrogen) atoms. The van der Waals surface area contributed by atoms with Crippen LogP contribution in [0.4, 0.5) is 0 Å². The zero-order valence-electron chi connectivity index (χ0n) is 10.6. The van der Waals surface area contributed by atoms with Crippen LogP contribution in [0.3, 0.4) is 0 Å². The molecule has 0 aromatic heterocycles. The highest BCUT2D eigenvalue weighted by atomic mass is 35.5. The smallest absolute Gasteiger partial charge is 0.278 e. The highest BCUT2D eigenvalue weighted by molar-refractivity contribution is 8.13. The lowest BCUT2D eigenvalue weighted by Crippen LogP contribution is -2.30. The predicted octanol–water partition coefficient (Wildman–Crippen LogP) is 4.06. The van der Waals surface area contributed by atoms with Crippen molar-refractivity contribution in [3.8, 4) is 0 Å². The van der Waals surface area contributed by atoms with Crippen molar-refractivity contribution in [3.05, 3.63) is 39.5 Å². The number of aliphatic imine (C=N–C) groups is 1. The standard InChI is InChI=1S/C14H12Cl2N2OS/c15-10-5-3-4-9(12(10)16)8-11-13(19)18-6-1-2-7-20-14(18)17-11/h3-5,8H,1-2,6-7H2/b11-8-. The van der Waals surface area contributed by atoms with Gasteiger partial charge in [0.05, 0.1) is 10.0 Å². The van der Waals surface area contributed by atoms with Gasteiger partial charge in [0, 0.05) is 12.3 Å². The molecule has 1 aromatic carbocycles. The Morgan fingerprint density at radius 1 is 1.30 bits per heavy atom. The molecule has 1 saturated heterocycles. The van der Waals surface area contributed by atoms with Crippen molar-refractivity contribution in [1.82, 2.24) is 4.90 Å². The number of hydrogen-bond donors (Lipinski definition) is 0. The van der Waals surface area contributed by atoms with Crippen molar-refractivity contribution in [2.75, 3.05) is 12.3 Å². The van der Waals surface area contributed by atoms with Gasteiger partial charge in [0.1, 0.15) is 5.70 Å². The molecule has 2 aliphatic heterocycles. The fourth-order valence-electron chi connectivity index (χ4n) is 2.15. The maximum Gasteiger partial charge on any atom is 0.278 e. The molecule has 0 atom stereocenters. The molecule has 0 aliphatic carbocycles. The van der Waals surface area contributed by atoms with Crippen molar-refractivity contribution in [2.45, 2.75) is 12.8 Å². The Balaban J connectivity index is 1.96. The lowest BCUT2D eigenvalue weighted by Gasteiger charge is -2.13. The molecule has 0 radical (unpaired) electrons. The van der Waals surface area contributed by atoms with Gasteiger partial charge in [-0.05, 0) is 30.5 Å². The van der Waals surface area contributed by atoms with E-state index in [1.54, 1.807) is 34.9 Å². The third-order valence-electron chi connectivity index (χ3n) is 3.19. The van der Waals surface area contributed by atoms with E-state index >= 15 is 0 Å². The van der Waals surface area contributed by atoms with E-state index in [-0.39, 0.29) is 5.91 Å². The number of carbonyl (C=O) groups is 1. The second-order valence-corrected chi connectivity index (χ2v) is 6.43. The summed E-state index contributed by atoms with van der Waals surface area (Å²) in [6, 6.07) is 5.35. The molecule has 2 heterocycles. The average Bonchev–Trinajstić information content (AvgIpc) is 2.63. The molecule has 0 bridgehead atoms. The van der Waals surface area contributed by atoms with Crippen LogP contribution in [0.5, 0.6) is 0 Å². The van der Waals surface area contributed by atoms with Gasteiger partial charge in [-0.2, -0.15) is 0 Å². The third kappa shape index (κ3) is 2.60. The molecular formula is C14H12Cl2N2OS. The molecule has 0 N–H and O–H groups in total. The average molecular weight is 327 g/mol. The minimum atomic E-state index is -0.0505. The number of carbonyl (C=O) groups excluding carboxylic acids is 1. The Kier molecular flexibility index (Phi) is 4.06. The summed E-state index contributed by atoms with van der Waals surface area (Å²) < 4.78 is 0. The summed E-state index contributed by atoms with van der Waals surface area (Å²) >= 11 is 13.8. The molecule has 1 amide bonds. The van der Waals surface area contributed by atoms with Crippen LogP contribution in [0.15, 0.2) is 28.9 Å². The summed E-state index contributed by atoms with van der Waals surface area (Å²) in [5.41, 5.74) is 1.15. The first-order valence-electron chi connectivity index (χ1n) is 6.36. The minimum Gasteiger partial charge on any atom is -0.286 e. The summed E-state index contributed by atoms with van der Waals surface area (Å²) in [4.78, 5) is 18.5. The Morgan fingerprint density at radius 3 is 3.00 bits per heavy atom. The molecule has 2 aliphatic rings. The van der Waals surface area contributed by atoms with Crippen molar-refractivity contribution in [3.63, 3.8) is 0 Å². The van der Waals surface area contributed by atoms with Gasteiger partial charge < -0.3 is 0 Å². The number of thioether (sulfide) groups is 1. The summed E-state index contributed by atoms with van der Waals surface area (Å²) in [6.07, 6.45) is 3.84. The Hall–Kier alpha value is -0.970. The lowest BCUT2D eigenvalue weighted by molar-refractivity contribution is -0.122. The van der Waals surface area contributed by atoms with E-state index in [2.05, 4.69) is 4.99 Å². The molecule has 0 unspecified atom stereocenters. The number of rotatable bonds is 1. The van der Waals surface area contributed by atoms with Gasteiger partial charge in [-0.3, -0.25) is 9.69 Å². The number of amides is 1. The second-order valence-electron chi connectivity index (χ2n) is 4.58. The summed E-state index contributed by atoms with van der Waals surface area (Å²) in [6.45, 7) is 0.741. The van der Waals surface area contributed by atoms with Gasteiger partial charge in [0.15, 0.2) is 5.17 Å². The Bertz CT molecular complexity index is 628. The fourth-order valence-corrected chi connectivity index (χ4v) is 3.54. The van der Waals surface area contributed by atoms with Gasteiger partial charge in [-0.25, -0.2) is 4.99 Å². The van der Waals surface area contributed by atoms with E-state index in [0.717, 1.165) is 35.9 Å². The number of benzene rings is 1. The molecule has 6 heteroatoms. The Morgan fingerprint density at radius 2 is 2.15 bits per heavy atom. The van der Waals surface area contributed by atoms with Gasteiger partial charge >= 0.3 is 0 Å². The lowest BCUT2D eigenvalue weighted by atomic mass is 10.2. The normalized spacial score (nSPS) is 20.9. The third-order valence-corrected chi connectivity index (χ3v) is 5.09. The van der Waals surface area contributed by atoms with Gasteiger partial charge in [-0.1, -0.05) is 47.1 Å². The molecule has 0 spiro atoms. The Labute approximate surface area is 131 Å². The molecule has 1 aromatic rings. The monoisotopic (exact) mass is 326 g/mol. The largest absolute Gasteiger partial charge is 0.286 e. The van der Waals surface area contributed by atoms with E-state index in [1.807, 2.05) is 6.07 Å². The number of fused-ring (bicyclic) bond motifs is 1. The molecule has 3 nitrogen and oxygen atoms in total. The van der Waals surface area contributed by atoms with Crippen LogP contribution < -0.4 is 0 Å². The van der Waals surface area contributed by atoms with Gasteiger partial charge in [0.2, 0.25) is 0 Å². The number of nitrogens with zero attached hydrogens (tertiary/aromatic N) is 2. The number of hydrogen-bond acceptors (Lipinski definition) is 3. The first-order chi connectivity index (χ1) is 9.66. The maximum absolute atomic E-state index is 12.3. The zero-order chi connectivity index (χ0) is 14.1. The van der Waals surface area contributed by atoms with Crippen molar-refractivity contribution in [2.24, 2.45) is 4.99 Å². The molecule has 3 rings (SSSR count). The predicted molar refractivity (Wildman–Crippen MR) is 85.3 cm³/mol. The van der Waals surface area contributed by atoms with Gasteiger partial charge in [-0.15, -0.1) is 0 Å². The summed E-state index contributed by atoms with van der Waals surface area (Å²) in [5.74, 6) is 0.957. The summed E-state index contributed by atoms with van der Waals surface area (Å²) in [5, 5.41) is 1.73. The SMILES string of the molecule is O=C1/C(=C/c2cccc(Cl)c2Cl)N=C2SCCCCN12. The first-order valence-corrected chi connectivity index (χ1v) is 8.10. The quantitative estimate of drug-likeness (QED) is 0.729. The van der Waals surface area contributed by atoms with Crippen LogP contribution in [0.2, 0.25) is 10.0 Å². The van der Waals surface area contributed by atoms with Crippen molar-refractivity contribution >= 4 is 52.1 Å². The summed E-state index contributed by atoms with van der Waals surface area (Å²) in [7, 11) is 0. The van der Waals surface area contributed by atoms with Crippen LogP contribution >= 0.6 is 35.0 Å². The van der Waals surface area contributed by atoms with Crippen LogP contribution in [0.1, 0.15) is 18.4 Å². The number of halogens is 2. The minimum absolute atomic E-state index is 0.0505. The first kappa shape index (κ1) is 14.0. The molecular weight excluding hydrogens is 315 g/mol. The number of amidine groups is 1. The van der Waals surface area contributed by atoms with E-state index in [4.69, 9.17) is 23.2 Å². The van der Waals surface area contributed by atoms with E-state index in [0.29, 0.717) is 15.7 Å². The van der Waals surface area contributed by atoms with Gasteiger partial charge in [0.25, 0.3) is 5.91 Å². The molecule has 0 saturated carbocycles. The zero-order valence-corrected chi connectivity index (χ0v) is 12.9. The van der Waals surface area contributed by atoms with Crippen LogP contribution in [0.25, 0.3) is 6.08 Å². The molecule has 1 fully saturated rings. The second kappa shape index (κ2) is 5.80. The highest BCUT2D eigenvalue weighted by Gasteiger charge is 2.31. The molecule has 104 valence electrons. The van der Waals surface area contributed by atoms with Crippen LogP contribution in [-0.4, -0.2) is 28.3 Å². The van der Waals surface area contributed by atoms with Crippen molar-refractivity contribution in [1.29, 1.82) is 0 Å². The van der Waals surface area contributed by atoms with Crippen LogP contribution in [0, 0.1) is 0 Å². The van der Waals surface area contributed by atoms with E-state index < -0.39 is 0 Å². The van der Waals surface area contributed by atoms with Crippen molar-refractivity contribution < 1.29 is 4.79 Å². The van der Waals surface area contributed by atoms with E-state index in [1.165, 1.54) is 0 Å². The maximum atomic E-state index is 12.3. The van der Waals surface area contributed by atoms with Crippen LogP contribution in [-0.2, 0) is 4.79 Å².